The van der Waals surface area contributed by atoms with Gasteiger partial charge in [-0.25, -0.2) is 4.79 Å². The Bertz CT molecular complexity index is 159. The molecule has 0 saturated heterocycles. The van der Waals surface area contributed by atoms with Gasteiger partial charge >= 0.3 is 12.1 Å². The van der Waals surface area contributed by atoms with Gasteiger partial charge in [0.1, 0.15) is 0 Å². The van der Waals surface area contributed by atoms with Crippen molar-refractivity contribution in [2.45, 2.75) is 13.1 Å². The molecule has 0 aliphatic rings. The van der Waals surface area contributed by atoms with E-state index >= 15 is 0 Å². The number of halogens is 3. The molecule has 0 fully saturated rings. The van der Waals surface area contributed by atoms with Crippen LogP contribution in [0.3, 0.4) is 0 Å². The predicted molar refractivity (Wildman–Crippen MR) is 28.1 cm³/mol. The second-order valence-corrected chi connectivity index (χ2v) is 1.40. The molecule has 0 aromatic rings. The number of alkyl halides is 3. The van der Waals surface area contributed by atoms with Crippen LogP contribution >= 0.6 is 0 Å². The number of hydrogen-bond acceptors (Lipinski definition) is 4. The van der Waals surface area contributed by atoms with Crippen molar-refractivity contribution in [3.05, 3.63) is 0 Å². The largest absolute Gasteiger partial charge is 0.494 e. The summed E-state index contributed by atoms with van der Waals surface area (Å²) in [5.74, 6) is -3.45. The number of aliphatic carboxylic acids is 1. The lowest BCUT2D eigenvalue weighted by atomic mass is 10.7. The highest BCUT2D eigenvalue weighted by atomic mass is 19.4. The van der Waals surface area contributed by atoms with Crippen LogP contribution in [0.2, 0.25) is 0 Å². The van der Waals surface area contributed by atoms with Crippen molar-refractivity contribution in [1.82, 2.24) is 0 Å². The van der Waals surface area contributed by atoms with Crippen LogP contribution in [0.5, 0.6) is 0 Å². The molecule has 0 radical (unpaired) electrons. The summed E-state index contributed by atoms with van der Waals surface area (Å²) < 4.78 is 32.4. The summed E-state index contributed by atoms with van der Waals surface area (Å²) in [5, 5.41) is 14.5. The third kappa shape index (κ3) is 11.5. The average molecular weight is 190 g/mol. The van der Waals surface area contributed by atoms with Gasteiger partial charge in [0, 0.05) is 6.92 Å². The molecule has 72 valence electrons. The second-order valence-electron chi connectivity index (χ2n) is 1.40. The molecule has 12 heavy (non-hydrogen) atoms. The van der Waals surface area contributed by atoms with Gasteiger partial charge in [0.05, 0.1) is 0 Å². The number of rotatable bonds is 0. The van der Waals surface area contributed by atoms with Crippen LogP contribution in [0.1, 0.15) is 6.92 Å². The number of carbonyl (C=O) groups excluding carboxylic acids is 1. The summed E-state index contributed by atoms with van der Waals surface area (Å²) in [6.07, 6.45) is -5.10. The summed E-state index contributed by atoms with van der Waals surface area (Å²) in [7, 11) is 0. The summed E-state index contributed by atoms with van der Waals surface area (Å²) in [6.45, 7) is 1.08. The Morgan fingerprint density at radius 2 is 1.58 bits per heavy atom. The van der Waals surface area contributed by atoms with E-state index in [9.17, 15) is 18.0 Å². The SMILES string of the molecule is CC(=O)O.O=C(OO)C(F)(F)F. The van der Waals surface area contributed by atoms with E-state index in [4.69, 9.17) is 15.2 Å². The molecule has 0 bridgehead atoms. The number of hydrogen-bond donors (Lipinski definition) is 2. The lowest BCUT2D eigenvalue weighted by Crippen LogP contribution is -2.23. The fourth-order valence-electron chi connectivity index (χ4n) is 0.0518. The standard InChI is InChI=1S/C2HF3O3.C2H4O2/c3-2(4,5)1(6)8-7;1-2(3)4/h7H;1H3,(H,3,4). The lowest BCUT2D eigenvalue weighted by molar-refractivity contribution is -0.272. The summed E-state index contributed by atoms with van der Waals surface area (Å²) in [4.78, 5) is 20.6. The van der Waals surface area contributed by atoms with Crippen LogP contribution in [-0.4, -0.2) is 28.5 Å². The highest BCUT2D eigenvalue weighted by molar-refractivity contribution is 5.74. The smallest absolute Gasteiger partial charge is 0.481 e. The van der Waals surface area contributed by atoms with Crippen LogP contribution in [0.15, 0.2) is 0 Å². The van der Waals surface area contributed by atoms with E-state index in [0.717, 1.165) is 6.92 Å². The van der Waals surface area contributed by atoms with Gasteiger partial charge in [-0.3, -0.25) is 9.68 Å². The van der Waals surface area contributed by atoms with Gasteiger partial charge in [-0.2, -0.15) is 18.4 Å². The molecule has 0 saturated carbocycles. The first-order valence-electron chi connectivity index (χ1n) is 2.34. The minimum atomic E-state index is -5.10. The van der Waals surface area contributed by atoms with Crippen molar-refractivity contribution in [3.63, 3.8) is 0 Å². The van der Waals surface area contributed by atoms with E-state index in [1.807, 2.05) is 0 Å². The van der Waals surface area contributed by atoms with Gasteiger partial charge in [0.2, 0.25) is 0 Å². The second kappa shape index (κ2) is 5.35. The van der Waals surface area contributed by atoms with E-state index in [0.29, 0.717) is 0 Å². The summed E-state index contributed by atoms with van der Waals surface area (Å²) in [6, 6.07) is 0. The molecule has 0 unspecified atom stereocenters. The molecule has 0 atom stereocenters. The van der Waals surface area contributed by atoms with Crippen LogP contribution in [0, 0.1) is 0 Å². The Kier molecular flexibility index (Phi) is 5.93. The Hall–Kier alpha value is -1.31. The van der Waals surface area contributed by atoms with Gasteiger partial charge in [0.25, 0.3) is 5.97 Å². The van der Waals surface area contributed by atoms with Gasteiger partial charge in [-0.1, -0.05) is 0 Å². The van der Waals surface area contributed by atoms with E-state index in [1.165, 1.54) is 0 Å². The van der Waals surface area contributed by atoms with Crippen molar-refractivity contribution in [1.29, 1.82) is 0 Å². The van der Waals surface area contributed by atoms with E-state index in [-0.39, 0.29) is 0 Å². The van der Waals surface area contributed by atoms with Gasteiger partial charge in [-0.05, 0) is 0 Å². The molecule has 5 nitrogen and oxygen atoms in total. The molecule has 0 aromatic carbocycles. The minimum absolute atomic E-state index is 0.833. The fourth-order valence-corrected chi connectivity index (χ4v) is 0.0518. The normalized spacial score (nSPS) is 9.42. The quantitative estimate of drug-likeness (QED) is 0.432. The molecule has 0 heterocycles. The maximum atomic E-state index is 10.8. The van der Waals surface area contributed by atoms with E-state index in [1.54, 1.807) is 0 Å². The molecule has 0 aromatic heterocycles. The molecule has 0 aliphatic carbocycles. The molecule has 2 N–H and O–H groups in total. The molecule has 0 amide bonds. The maximum Gasteiger partial charge on any atom is 0.494 e. The van der Waals surface area contributed by atoms with Gasteiger partial charge < -0.3 is 5.11 Å². The zero-order valence-corrected chi connectivity index (χ0v) is 5.75. The monoisotopic (exact) mass is 190 g/mol. The maximum absolute atomic E-state index is 10.8. The highest BCUT2D eigenvalue weighted by Gasteiger charge is 2.41. The van der Waals surface area contributed by atoms with E-state index in [2.05, 4.69) is 4.89 Å². The zero-order valence-electron chi connectivity index (χ0n) is 5.75. The summed E-state index contributed by atoms with van der Waals surface area (Å²) in [5.41, 5.74) is 0. The summed E-state index contributed by atoms with van der Waals surface area (Å²) >= 11 is 0. The first-order chi connectivity index (χ1) is 5.21. The van der Waals surface area contributed by atoms with Gasteiger partial charge in [0.15, 0.2) is 0 Å². The topological polar surface area (TPSA) is 83.8 Å². The Balaban J connectivity index is 0. The average Bonchev–Trinajstić information content (AvgIpc) is 1.82. The molecule has 0 rings (SSSR count). The van der Waals surface area contributed by atoms with Crippen molar-refractivity contribution >= 4 is 11.9 Å². The van der Waals surface area contributed by atoms with Crippen LogP contribution in [0.4, 0.5) is 13.2 Å². The minimum Gasteiger partial charge on any atom is -0.481 e. The highest BCUT2D eigenvalue weighted by Crippen LogP contribution is 2.15. The third-order valence-electron chi connectivity index (χ3n) is 0.314. The van der Waals surface area contributed by atoms with Crippen molar-refractivity contribution in [3.8, 4) is 0 Å². The van der Waals surface area contributed by atoms with Crippen LogP contribution in [0.25, 0.3) is 0 Å². The molecule has 8 heteroatoms. The fraction of sp³-hybridized carbons (Fsp3) is 0.500. The molecule has 0 aliphatic heterocycles. The first kappa shape index (κ1) is 13.3. The van der Waals surface area contributed by atoms with Crippen LogP contribution < -0.4 is 0 Å². The molecular formula is C4H5F3O5. The van der Waals surface area contributed by atoms with Crippen molar-refractivity contribution in [2.75, 3.05) is 0 Å². The van der Waals surface area contributed by atoms with E-state index < -0.39 is 18.1 Å². The van der Waals surface area contributed by atoms with Gasteiger partial charge in [-0.15, -0.1) is 0 Å². The molecule has 0 spiro atoms. The Morgan fingerprint density at radius 3 is 1.58 bits per heavy atom. The Morgan fingerprint density at radius 1 is 1.33 bits per heavy atom. The predicted octanol–water partition coefficient (Wildman–Crippen LogP) is 0.656. The first-order valence-corrected chi connectivity index (χ1v) is 2.34. The third-order valence-corrected chi connectivity index (χ3v) is 0.314. The number of carboxylic acid groups (broad SMARTS) is 1. The molecular weight excluding hydrogens is 185 g/mol. The van der Waals surface area contributed by atoms with Crippen molar-refractivity contribution < 1.29 is 38.0 Å². The zero-order chi connectivity index (χ0) is 10.4. The number of carbonyl (C=O) groups is 2. The van der Waals surface area contributed by atoms with Crippen LogP contribution in [-0.2, 0) is 14.5 Å². The van der Waals surface area contributed by atoms with Crippen molar-refractivity contribution in [2.24, 2.45) is 0 Å². The number of carboxylic acids is 1. The Labute approximate surface area is 64.3 Å². The lowest BCUT2D eigenvalue weighted by Gasteiger charge is -1.97.